The van der Waals surface area contributed by atoms with Gasteiger partial charge in [0.2, 0.25) is 5.91 Å². The maximum absolute atomic E-state index is 13.0. The van der Waals surface area contributed by atoms with Gasteiger partial charge in [-0.2, -0.15) is 0 Å². The van der Waals surface area contributed by atoms with E-state index in [4.69, 9.17) is 0 Å². The predicted octanol–water partition coefficient (Wildman–Crippen LogP) is 2.35. The second-order valence-corrected chi connectivity index (χ2v) is 8.15. The van der Waals surface area contributed by atoms with Gasteiger partial charge in [-0.3, -0.25) is 4.79 Å². The molecule has 0 aliphatic carbocycles. The van der Waals surface area contributed by atoms with Crippen LogP contribution in [0.5, 0.6) is 0 Å². The number of hydrogen-bond donors (Lipinski definition) is 0. The first-order valence-corrected chi connectivity index (χ1v) is 9.36. The van der Waals surface area contributed by atoms with Crippen LogP contribution in [-0.4, -0.2) is 43.8 Å². The van der Waals surface area contributed by atoms with Gasteiger partial charge in [0.1, 0.15) is 5.82 Å². The molecule has 0 bridgehead atoms. The van der Waals surface area contributed by atoms with E-state index in [1.54, 1.807) is 24.1 Å². The van der Waals surface area contributed by atoms with Crippen molar-refractivity contribution in [1.82, 2.24) is 4.90 Å². The first-order valence-electron chi connectivity index (χ1n) is 7.54. The number of rotatable bonds is 5. The molecule has 0 radical (unpaired) electrons. The van der Waals surface area contributed by atoms with Gasteiger partial charge in [-0.25, -0.2) is 12.8 Å². The molecule has 22 heavy (non-hydrogen) atoms. The maximum atomic E-state index is 13.0. The number of halogens is 1. The van der Waals surface area contributed by atoms with Gasteiger partial charge < -0.3 is 4.90 Å². The minimum atomic E-state index is -3.00. The van der Waals surface area contributed by atoms with E-state index in [2.05, 4.69) is 0 Å². The third-order valence-corrected chi connectivity index (χ3v) is 6.16. The number of sulfone groups is 1. The summed E-state index contributed by atoms with van der Waals surface area (Å²) in [5.41, 5.74) is 0.935. The highest BCUT2D eigenvalue weighted by Gasteiger charge is 2.33. The minimum absolute atomic E-state index is 0.0218. The Morgan fingerprint density at radius 2 is 2.00 bits per heavy atom. The predicted molar refractivity (Wildman–Crippen MR) is 83.9 cm³/mol. The summed E-state index contributed by atoms with van der Waals surface area (Å²) < 4.78 is 36.0. The van der Waals surface area contributed by atoms with Gasteiger partial charge in [-0.1, -0.05) is 19.1 Å². The number of nitrogens with zero attached hydrogens (tertiary/aromatic N) is 1. The van der Waals surface area contributed by atoms with Crippen molar-refractivity contribution >= 4 is 15.7 Å². The van der Waals surface area contributed by atoms with E-state index in [-0.39, 0.29) is 35.2 Å². The summed E-state index contributed by atoms with van der Waals surface area (Å²) in [5.74, 6) is -0.113. The Balaban J connectivity index is 2.01. The quantitative estimate of drug-likeness (QED) is 0.834. The molecule has 1 heterocycles. The zero-order valence-electron chi connectivity index (χ0n) is 13.0. The van der Waals surface area contributed by atoms with E-state index in [0.29, 0.717) is 12.8 Å². The monoisotopic (exact) mass is 327 g/mol. The molecule has 4 nitrogen and oxygen atoms in total. The van der Waals surface area contributed by atoms with E-state index >= 15 is 0 Å². The SMILES string of the molecule is CCC(CC(=O)N(C)C1CCS(=O)(=O)C1)c1ccc(F)cc1. The van der Waals surface area contributed by atoms with E-state index in [1.165, 1.54) is 12.1 Å². The highest BCUT2D eigenvalue weighted by Crippen LogP contribution is 2.26. The molecule has 1 fully saturated rings. The average Bonchev–Trinajstić information content (AvgIpc) is 2.85. The largest absolute Gasteiger partial charge is 0.342 e. The number of amides is 1. The molecule has 1 aliphatic rings. The molecule has 1 aromatic carbocycles. The minimum Gasteiger partial charge on any atom is -0.342 e. The zero-order chi connectivity index (χ0) is 16.3. The maximum Gasteiger partial charge on any atom is 0.223 e. The third-order valence-electron chi connectivity index (χ3n) is 4.40. The van der Waals surface area contributed by atoms with Gasteiger partial charge in [0.25, 0.3) is 0 Å². The van der Waals surface area contributed by atoms with Crippen LogP contribution in [0, 0.1) is 5.82 Å². The lowest BCUT2D eigenvalue weighted by atomic mass is 9.92. The lowest BCUT2D eigenvalue weighted by Gasteiger charge is -2.25. The topological polar surface area (TPSA) is 54.5 Å². The number of hydrogen-bond acceptors (Lipinski definition) is 3. The first-order chi connectivity index (χ1) is 10.3. The summed E-state index contributed by atoms with van der Waals surface area (Å²) in [6, 6.07) is 5.99. The Labute approximate surface area is 131 Å². The molecule has 0 N–H and O–H groups in total. The summed E-state index contributed by atoms with van der Waals surface area (Å²) in [7, 11) is -1.33. The summed E-state index contributed by atoms with van der Waals surface area (Å²) in [5, 5.41) is 0. The second-order valence-electron chi connectivity index (χ2n) is 5.92. The fraction of sp³-hybridized carbons (Fsp3) is 0.562. The summed E-state index contributed by atoms with van der Waals surface area (Å²) in [6.07, 6.45) is 1.60. The molecule has 6 heteroatoms. The Kier molecular flexibility index (Phi) is 5.21. The van der Waals surface area contributed by atoms with Crippen LogP contribution in [0.2, 0.25) is 0 Å². The van der Waals surface area contributed by atoms with Crippen LogP contribution in [0.4, 0.5) is 4.39 Å². The smallest absolute Gasteiger partial charge is 0.223 e. The van der Waals surface area contributed by atoms with E-state index in [9.17, 15) is 17.6 Å². The average molecular weight is 327 g/mol. The second kappa shape index (κ2) is 6.77. The first kappa shape index (κ1) is 16.9. The molecule has 1 aromatic rings. The molecule has 1 saturated heterocycles. The van der Waals surface area contributed by atoms with Crippen molar-refractivity contribution in [3.63, 3.8) is 0 Å². The van der Waals surface area contributed by atoms with Crippen LogP contribution in [0.15, 0.2) is 24.3 Å². The normalized spacial score (nSPS) is 21.5. The summed E-state index contributed by atoms with van der Waals surface area (Å²) in [6.45, 7) is 1.99. The molecule has 2 rings (SSSR count). The zero-order valence-corrected chi connectivity index (χ0v) is 13.8. The number of carbonyl (C=O) groups is 1. The highest BCUT2D eigenvalue weighted by molar-refractivity contribution is 7.91. The Morgan fingerprint density at radius 1 is 1.36 bits per heavy atom. The molecular weight excluding hydrogens is 305 g/mol. The van der Waals surface area contributed by atoms with Crippen molar-refractivity contribution in [2.24, 2.45) is 0 Å². The van der Waals surface area contributed by atoms with Crippen LogP contribution in [0.1, 0.15) is 37.7 Å². The Hall–Kier alpha value is -1.43. The van der Waals surface area contributed by atoms with Crippen LogP contribution >= 0.6 is 0 Å². The molecule has 1 aliphatic heterocycles. The number of carbonyl (C=O) groups excluding carboxylic acids is 1. The molecule has 2 unspecified atom stereocenters. The van der Waals surface area contributed by atoms with Crippen LogP contribution in [0.25, 0.3) is 0 Å². The molecule has 122 valence electrons. The fourth-order valence-corrected chi connectivity index (χ4v) is 4.65. The number of benzene rings is 1. The van der Waals surface area contributed by atoms with Gasteiger partial charge >= 0.3 is 0 Å². The molecule has 0 saturated carbocycles. The van der Waals surface area contributed by atoms with E-state index in [1.807, 2.05) is 6.92 Å². The van der Waals surface area contributed by atoms with Crippen molar-refractivity contribution in [3.05, 3.63) is 35.6 Å². The van der Waals surface area contributed by atoms with Gasteiger partial charge in [0.15, 0.2) is 9.84 Å². The van der Waals surface area contributed by atoms with Crippen LogP contribution in [-0.2, 0) is 14.6 Å². The lowest BCUT2D eigenvalue weighted by molar-refractivity contribution is -0.132. The van der Waals surface area contributed by atoms with Gasteiger partial charge in [-0.05, 0) is 36.5 Å². The highest BCUT2D eigenvalue weighted by atomic mass is 32.2. The Morgan fingerprint density at radius 3 is 2.50 bits per heavy atom. The third kappa shape index (κ3) is 4.06. The van der Waals surface area contributed by atoms with Gasteiger partial charge in [0, 0.05) is 19.5 Å². The van der Waals surface area contributed by atoms with Crippen molar-refractivity contribution in [1.29, 1.82) is 0 Å². The van der Waals surface area contributed by atoms with Gasteiger partial charge in [-0.15, -0.1) is 0 Å². The fourth-order valence-electron chi connectivity index (χ4n) is 2.87. The van der Waals surface area contributed by atoms with E-state index < -0.39 is 9.84 Å². The summed E-state index contributed by atoms with van der Waals surface area (Å²) >= 11 is 0. The van der Waals surface area contributed by atoms with E-state index in [0.717, 1.165) is 12.0 Å². The van der Waals surface area contributed by atoms with Crippen LogP contribution < -0.4 is 0 Å². The molecule has 0 spiro atoms. The molecule has 2 atom stereocenters. The van der Waals surface area contributed by atoms with Crippen molar-refractivity contribution < 1.29 is 17.6 Å². The standard InChI is InChI=1S/C16H22FNO3S/c1-3-12(13-4-6-14(17)7-5-13)10-16(19)18(2)15-8-9-22(20,21)11-15/h4-7,12,15H,3,8-11H2,1-2H3. The Bertz CT molecular complexity index is 627. The van der Waals surface area contributed by atoms with Crippen molar-refractivity contribution in [3.8, 4) is 0 Å². The lowest BCUT2D eigenvalue weighted by Crippen LogP contribution is -2.38. The summed E-state index contributed by atoms with van der Waals surface area (Å²) in [4.78, 5) is 14.0. The molecule has 1 amide bonds. The van der Waals surface area contributed by atoms with Crippen molar-refractivity contribution in [2.75, 3.05) is 18.6 Å². The molecule has 0 aromatic heterocycles. The van der Waals surface area contributed by atoms with Crippen molar-refractivity contribution in [2.45, 2.75) is 38.1 Å². The molecular formula is C16H22FNO3S. The van der Waals surface area contributed by atoms with Crippen LogP contribution in [0.3, 0.4) is 0 Å². The van der Waals surface area contributed by atoms with Gasteiger partial charge in [0.05, 0.1) is 11.5 Å².